The minimum Gasteiger partial charge on any atom is -0.495 e. The molecule has 1 aromatic rings. The van der Waals surface area contributed by atoms with Gasteiger partial charge in [0.2, 0.25) is 5.91 Å². The lowest BCUT2D eigenvalue weighted by Crippen LogP contribution is -2.43. The zero-order valence-corrected chi connectivity index (χ0v) is 13.5. The normalized spacial score (nSPS) is 26.5. The Balaban J connectivity index is 2.22. The van der Waals surface area contributed by atoms with Crippen LogP contribution in [0.3, 0.4) is 0 Å². The Hall–Kier alpha value is -2.04. The third-order valence-corrected chi connectivity index (χ3v) is 5.38. The smallest absolute Gasteiger partial charge is 0.309 e. The van der Waals surface area contributed by atoms with Crippen molar-refractivity contribution >= 4 is 17.6 Å². The van der Waals surface area contributed by atoms with Gasteiger partial charge in [-0.3, -0.25) is 9.59 Å². The Morgan fingerprint density at radius 1 is 1.27 bits per heavy atom. The Kier molecular flexibility index (Phi) is 4.18. The van der Waals surface area contributed by atoms with Gasteiger partial charge in [0.1, 0.15) is 5.75 Å². The number of para-hydroxylation sites is 2. The van der Waals surface area contributed by atoms with E-state index in [1.807, 2.05) is 26.0 Å². The molecule has 5 nitrogen and oxygen atoms in total. The third-order valence-electron chi connectivity index (χ3n) is 5.38. The van der Waals surface area contributed by atoms with Gasteiger partial charge in [0.05, 0.1) is 18.2 Å². The number of carbonyl (C=O) groups excluding carboxylic acids is 1. The predicted octanol–water partition coefficient (Wildman–Crippen LogP) is 3.16. The molecule has 0 heterocycles. The molecule has 0 aliphatic heterocycles. The molecule has 0 saturated heterocycles. The molecule has 1 aliphatic rings. The molecule has 0 spiro atoms. The van der Waals surface area contributed by atoms with Crippen molar-refractivity contribution in [3.63, 3.8) is 0 Å². The van der Waals surface area contributed by atoms with Crippen LogP contribution in [0.5, 0.6) is 5.75 Å². The predicted molar refractivity (Wildman–Crippen MR) is 83.9 cm³/mol. The summed E-state index contributed by atoms with van der Waals surface area (Å²) in [7, 11) is 1.55. The first-order valence-corrected chi connectivity index (χ1v) is 7.41. The largest absolute Gasteiger partial charge is 0.495 e. The molecule has 0 unspecified atom stereocenters. The number of methoxy groups -OCH3 is 1. The standard InChI is InChI=1S/C17H23NO4/c1-16(2)11(9-10-17(16,3)15(20)21)14(19)18-12-7-5-6-8-13(12)22-4/h5-8,11H,9-10H2,1-4H3,(H,18,19)(H,20,21)/t11-,17+/m1/s1. The van der Waals surface area contributed by atoms with E-state index in [0.717, 1.165) is 0 Å². The van der Waals surface area contributed by atoms with Crippen LogP contribution < -0.4 is 10.1 Å². The van der Waals surface area contributed by atoms with Crippen molar-refractivity contribution in [2.24, 2.45) is 16.7 Å². The molecule has 0 radical (unpaired) electrons. The first-order chi connectivity index (χ1) is 10.2. The molecule has 2 atom stereocenters. The van der Waals surface area contributed by atoms with Crippen molar-refractivity contribution in [3.8, 4) is 5.75 Å². The third kappa shape index (κ3) is 2.45. The molecular formula is C17H23NO4. The van der Waals surface area contributed by atoms with E-state index in [-0.39, 0.29) is 11.8 Å². The Morgan fingerprint density at radius 3 is 2.45 bits per heavy atom. The highest BCUT2D eigenvalue weighted by Crippen LogP contribution is 2.56. The SMILES string of the molecule is COc1ccccc1NC(=O)[C@H]1CC[C@@](C)(C(=O)O)C1(C)C. The maximum absolute atomic E-state index is 12.6. The number of hydrogen-bond donors (Lipinski definition) is 2. The highest BCUT2D eigenvalue weighted by atomic mass is 16.5. The fraction of sp³-hybridized carbons (Fsp3) is 0.529. The maximum Gasteiger partial charge on any atom is 0.309 e. The summed E-state index contributed by atoms with van der Waals surface area (Å²) in [6.07, 6.45) is 1.07. The fourth-order valence-electron chi connectivity index (χ4n) is 3.31. The van der Waals surface area contributed by atoms with E-state index < -0.39 is 16.8 Å². The Morgan fingerprint density at radius 2 is 1.91 bits per heavy atom. The van der Waals surface area contributed by atoms with Gasteiger partial charge >= 0.3 is 5.97 Å². The van der Waals surface area contributed by atoms with Gasteiger partial charge < -0.3 is 15.2 Å². The zero-order valence-electron chi connectivity index (χ0n) is 13.5. The summed E-state index contributed by atoms with van der Waals surface area (Å²) >= 11 is 0. The first-order valence-electron chi connectivity index (χ1n) is 7.41. The molecule has 2 N–H and O–H groups in total. The number of anilines is 1. The van der Waals surface area contributed by atoms with Gasteiger partial charge in [-0.15, -0.1) is 0 Å². The summed E-state index contributed by atoms with van der Waals surface area (Å²) < 4.78 is 5.23. The number of benzene rings is 1. The van der Waals surface area contributed by atoms with Gasteiger partial charge in [0.25, 0.3) is 0 Å². The maximum atomic E-state index is 12.6. The summed E-state index contributed by atoms with van der Waals surface area (Å²) in [6, 6.07) is 7.20. The van der Waals surface area contributed by atoms with E-state index in [9.17, 15) is 14.7 Å². The zero-order chi connectivity index (χ0) is 16.5. The molecule has 1 saturated carbocycles. The number of carbonyl (C=O) groups is 2. The van der Waals surface area contributed by atoms with E-state index in [0.29, 0.717) is 24.3 Å². The van der Waals surface area contributed by atoms with E-state index >= 15 is 0 Å². The first kappa shape index (κ1) is 16.3. The lowest BCUT2D eigenvalue weighted by molar-refractivity contribution is -0.154. The molecule has 22 heavy (non-hydrogen) atoms. The highest BCUT2D eigenvalue weighted by Gasteiger charge is 2.58. The summed E-state index contributed by atoms with van der Waals surface area (Å²) in [4.78, 5) is 24.3. The lowest BCUT2D eigenvalue weighted by atomic mass is 9.65. The molecule has 1 fully saturated rings. The van der Waals surface area contributed by atoms with Crippen molar-refractivity contribution in [1.82, 2.24) is 0 Å². The van der Waals surface area contributed by atoms with Gasteiger partial charge in [0, 0.05) is 5.92 Å². The highest BCUT2D eigenvalue weighted by molar-refractivity contribution is 5.95. The lowest BCUT2D eigenvalue weighted by Gasteiger charge is -2.37. The fourth-order valence-corrected chi connectivity index (χ4v) is 3.31. The van der Waals surface area contributed by atoms with Gasteiger partial charge in [-0.05, 0) is 37.3 Å². The minimum atomic E-state index is -0.893. The van der Waals surface area contributed by atoms with Gasteiger partial charge in [0.15, 0.2) is 0 Å². The molecule has 120 valence electrons. The number of amides is 1. The summed E-state index contributed by atoms with van der Waals surface area (Å²) in [5.41, 5.74) is -0.907. The van der Waals surface area contributed by atoms with Gasteiger partial charge in [-0.25, -0.2) is 0 Å². The number of carboxylic acid groups (broad SMARTS) is 1. The minimum absolute atomic E-state index is 0.153. The van der Waals surface area contributed by atoms with Crippen LogP contribution in [0, 0.1) is 16.7 Å². The van der Waals surface area contributed by atoms with Crippen LogP contribution in [0.2, 0.25) is 0 Å². The quantitative estimate of drug-likeness (QED) is 0.896. The second-order valence-electron chi connectivity index (χ2n) is 6.64. The molecule has 1 aromatic carbocycles. The van der Waals surface area contributed by atoms with Crippen LogP contribution in [-0.2, 0) is 9.59 Å². The van der Waals surface area contributed by atoms with Crippen LogP contribution in [0.1, 0.15) is 33.6 Å². The number of ether oxygens (including phenoxy) is 1. The average molecular weight is 305 g/mol. The van der Waals surface area contributed by atoms with Crippen molar-refractivity contribution in [2.45, 2.75) is 33.6 Å². The van der Waals surface area contributed by atoms with E-state index in [2.05, 4.69) is 5.32 Å². The van der Waals surface area contributed by atoms with Crippen LogP contribution in [0.15, 0.2) is 24.3 Å². The second-order valence-corrected chi connectivity index (χ2v) is 6.64. The average Bonchev–Trinajstić information content (AvgIpc) is 2.71. The topological polar surface area (TPSA) is 75.6 Å². The molecule has 1 amide bonds. The van der Waals surface area contributed by atoms with Crippen molar-refractivity contribution in [1.29, 1.82) is 0 Å². The molecule has 0 aromatic heterocycles. The summed E-state index contributed by atoms with van der Waals surface area (Å²) in [6.45, 7) is 5.45. The second kappa shape index (κ2) is 5.63. The van der Waals surface area contributed by atoms with Crippen molar-refractivity contribution in [2.75, 3.05) is 12.4 Å². The number of aliphatic carboxylic acids is 1. The number of hydrogen-bond acceptors (Lipinski definition) is 3. The van der Waals surface area contributed by atoms with Crippen LogP contribution >= 0.6 is 0 Å². The number of rotatable bonds is 4. The Labute approximate surface area is 130 Å². The van der Waals surface area contributed by atoms with Crippen LogP contribution in [0.25, 0.3) is 0 Å². The molecule has 1 aliphatic carbocycles. The number of carboxylic acids is 1. The van der Waals surface area contributed by atoms with Crippen LogP contribution in [0.4, 0.5) is 5.69 Å². The van der Waals surface area contributed by atoms with Crippen molar-refractivity contribution in [3.05, 3.63) is 24.3 Å². The van der Waals surface area contributed by atoms with E-state index in [1.165, 1.54) is 0 Å². The Bertz CT molecular complexity index is 596. The molecular weight excluding hydrogens is 282 g/mol. The molecule has 2 rings (SSSR count). The summed E-state index contributed by atoms with van der Waals surface area (Å²) in [5, 5.41) is 12.4. The molecule has 0 bridgehead atoms. The van der Waals surface area contributed by atoms with Crippen molar-refractivity contribution < 1.29 is 19.4 Å². The monoisotopic (exact) mass is 305 g/mol. The molecule has 5 heteroatoms. The number of nitrogens with one attached hydrogen (secondary N) is 1. The van der Waals surface area contributed by atoms with Gasteiger partial charge in [-0.2, -0.15) is 0 Å². The van der Waals surface area contributed by atoms with E-state index in [4.69, 9.17) is 4.74 Å². The summed E-state index contributed by atoms with van der Waals surface area (Å²) in [5.74, 6) is -0.754. The van der Waals surface area contributed by atoms with E-state index in [1.54, 1.807) is 26.2 Å². The van der Waals surface area contributed by atoms with Gasteiger partial charge in [-0.1, -0.05) is 26.0 Å². The van der Waals surface area contributed by atoms with Crippen LogP contribution in [-0.4, -0.2) is 24.1 Å².